The van der Waals surface area contributed by atoms with E-state index in [9.17, 15) is 14.9 Å². The lowest BCUT2D eigenvalue weighted by molar-refractivity contribution is -0.137. The van der Waals surface area contributed by atoms with Crippen LogP contribution in [0.3, 0.4) is 0 Å². The SMILES string of the molecule is COc1ccc(NC(=O)Nc2ccc(Oc3ccnc4cc(OCCCC(=O)O)c(C#N)cc34)cc2)cc1. The third kappa shape index (κ3) is 6.67. The van der Waals surface area contributed by atoms with Crippen molar-refractivity contribution in [2.75, 3.05) is 24.4 Å². The van der Waals surface area contributed by atoms with Crippen LogP contribution in [-0.4, -0.2) is 35.8 Å². The number of urea groups is 1. The van der Waals surface area contributed by atoms with Gasteiger partial charge in [-0.05, 0) is 67.1 Å². The lowest BCUT2D eigenvalue weighted by Crippen LogP contribution is -2.19. The Morgan fingerprint density at radius 2 is 1.61 bits per heavy atom. The minimum atomic E-state index is -0.906. The molecular weight excluding hydrogens is 488 g/mol. The summed E-state index contributed by atoms with van der Waals surface area (Å²) in [6.07, 6.45) is 1.88. The fourth-order valence-corrected chi connectivity index (χ4v) is 3.55. The minimum absolute atomic E-state index is 0.0205. The first-order valence-corrected chi connectivity index (χ1v) is 11.6. The highest BCUT2D eigenvalue weighted by Crippen LogP contribution is 2.33. The van der Waals surface area contributed by atoms with Gasteiger partial charge in [-0.25, -0.2) is 4.79 Å². The second-order valence-electron chi connectivity index (χ2n) is 8.07. The van der Waals surface area contributed by atoms with Gasteiger partial charge in [-0.1, -0.05) is 0 Å². The monoisotopic (exact) mass is 512 g/mol. The number of anilines is 2. The molecule has 0 radical (unpaired) electrons. The van der Waals surface area contributed by atoms with Gasteiger partial charge in [0.25, 0.3) is 0 Å². The molecule has 0 spiro atoms. The van der Waals surface area contributed by atoms with E-state index < -0.39 is 12.0 Å². The largest absolute Gasteiger partial charge is 0.497 e. The van der Waals surface area contributed by atoms with Gasteiger partial charge in [0.05, 0.1) is 24.8 Å². The number of hydrogen-bond donors (Lipinski definition) is 3. The molecule has 3 N–H and O–H groups in total. The van der Waals surface area contributed by atoms with Crippen LogP contribution in [0.4, 0.5) is 16.2 Å². The zero-order valence-electron chi connectivity index (χ0n) is 20.4. The topological polar surface area (TPSA) is 143 Å². The Morgan fingerprint density at radius 3 is 2.21 bits per heavy atom. The Balaban J connectivity index is 1.42. The number of pyridine rings is 1. The number of fused-ring (bicyclic) bond motifs is 1. The van der Waals surface area contributed by atoms with Crippen molar-refractivity contribution in [2.45, 2.75) is 12.8 Å². The van der Waals surface area contributed by atoms with Crippen molar-refractivity contribution in [3.63, 3.8) is 0 Å². The zero-order valence-corrected chi connectivity index (χ0v) is 20.4. The Kier molecular flexibility index (Phi) is 8.21. The molecule has 0 aliphatic carbocycles. The molecule has 1 aromatic heterocycles. The Hall–Kier alpha value is -5.30. The van der Waals surface area contributed by atoms with Gasteiger partial charge in [0.1, 0.15) is 29.1 Å². The second-order valence-corrected chi connectivity index (χ2v) is 8.07. The number of carboxylic acid groups (broad SMARTS) is 1. The number of nitrogens with one attached hydrogen (secondary N) is 2. The molecule has 1 heterocycles. The summed E-state index contributed by atoms with van der Waals surface area (Å²) < 4.78 is 16.8. The number of amides is 2. The maximum atomic E-state index is 12.3. The summed E-state index contributed by atoms with van der Waals surface area (Å²) in [5, 5.41) is 24.5. The van der Waals surface area contributed by atoms with Crippen LogP contribution in [0.25, 0.3) is 10.9 Å². The van der Waals surface area contributed by atoms with E-state index in [1.165, 1.54) is 0 Å². The lowest BCUT2D eigenvalue weighted by Gasteiger charge is -2.12. The molecular formula is C28H24N4O6. The molecule has 0 saturated heterocycles. The number of benzene rings is 3. The molecule has 0 bridgehead atoms. The van der Waals surface area contributed by atoms with E-state index in [4.69, 9.17) is 19.3 Å². The smallest absolute Gasteiger partial charge is 0.323 e. The van der Waals surface area contributed by atoms with Crippen molar-refractivity contribution in [3.8, 4) is 29.1 Å². The number of carbonyl (C=O) groups excluding carboxylic acids is 1. The quantitative estimate of drug-likeness (QED) is 0.226. The highest BCUT2D eigenvalue weighted by Gasteiger charge is 2.12. The van der Waals surface area contributed by atoms with E-state index in [0.29, 0.717) is 51.7 Å². The predicted molar refractivity (Wildman–Crippen MR) is 141 cm³/mol. The average Bonchev–Trinajstić information content (AvgIpc) is 2.92. The maximum absolute atomic E-state index is 12.3. The minimum Gasteiger partial charge on any atom is -0.497 e. The first-order valence-electron chi connectivity index (χ1n) is 11.6. The molecule has 4 aromatic rings. The van der Waals surface area contributed by atoms with Gasteiger partial charge in [-0.3, -0.25) is 9.78 Å². The molecule has 10 heteroatoms. The highest BCUT2D eigenvalue weighted by molar-refractivity contribution is 5.99. The van der Waals surface area contributed by atoms with Gasteiger partial charge in [-0.2, -0.15) is 5.26 Å². The number of aliphatic carboxylic acids is 1. The van der Waals surface area contributed by atoms with Gasteiger partial charge in [0, 0.05) is 35.4 Å². The van der Waals surface area contributed by atoms with Gasteiger partial charge in [-0.15, -0.1) is 0 Å². The molecule has 38 heavy (non-hydrogen) atoms. The first-order chi connectivity index (χ1) is 18.4. The van der Waals surface area contributed by atoms with Crippen LogP contribution in [0, 0.1) is 11.3 Å². The molecule has 0 unspecified atom stereocenters. The number of nitriles is 1. The van der Waals surface area contributed by atoms with Crippen molar-refractivity contribution in [1.29, 1.82) is 5.26 Å². The average molecular weight is 513 g/mol. The standard InChI is InChI=1S/C28H24N4O6/c1-36-21-8-4-19(5-9-21)31-28(35)32-20-6-10-22(11-7-20)38-25-12-13-30-24-16-26(18(17-29)15-23(24)25)37-14-2-3-27(33)34/h4-13,15-16H,2-3,14H2,1H3,(H,33,34)(H2,31,32,35). The van der Waals surface area contributed by atoms with Crippen LogP contribution in [0.1, 0.15) is 18.4 Å². The second kappa shape index (κ2) is 12.1. The molecule has 4 rings (SSSR count). The highest BCUT2D eigenvalue weighted by atomic mass is 16.5. The predicted octanol–water partition coefficient (Wildman–Crippen LogP) is 5.79. The summed E-state index contributed by atoms with van der Waals surface area (Å²) in [6.45, 7) is 0.168. The van der Waals surface area contributed by atoms with E-state index >= 15 is 0 Å². The van der Waals surface area contributed by atoms with Crippen molar-refractivity contribution >= 4 is 34.3 Å². The summed E-state index contributed by atoms with van der Waals surface area (Å²) in [7, 11) is 1.57. The van der Waals surface area contributed by atoms with Crippen molar-refractivity contribution < 1.29 is 28.9 Å². The normalized spacial score (nSPS) is 10.3. The van der Waals surface area contributed by atoms with Crippen LogP contribution in [0.5, 0.6) is 23.0 Å². The van der Waals surface area contributed by atoms with Crippen LogP contribution in [0.15, 0.2) is 72.9 Å². The van der Waals surface area contributed by atoms with E-state index in [0.717, 1.165) is 0 Å². The summed E-state index contributed by atoms with van der Waals surface area (Å²) >= 11 is 0. The summed E-state index contributed by atoms with van der Waals surface area (Å²) in [6, 6.07) is 20.5. The van der Waals surface area contributed by atoms with Gasteiger partial charge >= 0.3 is 12.0 Å². The van der Waals surface area contributed by atoms with Gasteiger partial charge < -0.3 is 30.0 Å². The van der Waals surface area contributed by atoms with Crippen molar-refractivity contribution in [3.05, 3.63) is 78.5 Å². The number of aromatic nitrogens is 1. The third-order valence-corrected chi connectivity index (χ3v) is 5.40. The Labute approximate surface area is 218 Å². The third-order valence-electron chi connectivity index (χ3n) is 5.40. The van der Waals surface area contributed by atoms with E-state index in [1.807, 2.05) is 0 Å². The van der Waals surface area contributed by atoms with E-state index in [2.05, 4.69) is 21.7 Å². The van der Waals surface area contributed by atoms with E-state index in [-0.39, 0.29) is 18.6 Å². The fraction of sp³-hybridized carbons (Fsp3) is 0.143. The number of carboxylic acids is 1. The molecule has 0 aliphatic heterocycles. The molecule has 3 aromatic carbocycles. The number of rotatable bonds is 10. The number of ether oxygens (including phenoxy) is 3. The summed E-state index contributed by atoms with van der Waals surface area (Å²) in [5.74, 6) is 1.13. The lowest BCUT2D eigenvalue weighted by atomic mass is 10.1. The molecule has 192 valence electrons. The van der Waals surface area contributed by atoms with E-state index in [1.54, 1.807) is 80.0 Å². The number of methoxy groups -OCH3 is 1. The van der Waals surface area contributed by atoms with Crippen LogP contribution >= 0.6 is 0 Å². The fourth-order valence-electron chi connectivity index (χ4n) is 3.55. The Bertz CT molecular complexity index is 1480. The Morgan fingerprint density at radius 1 is 0.947 bits per heavy atom. The number of hydrogen-bond acceptors (Lipinski definition) is 7. The first kappa shape index (κ1) is 25.8. The zero-order chi connectivity index (χ0) is 26.9. The number of carbonyl (C=O) groups is 2. The van der Waals surface area contributed by atoms with Gasteiger partial charge in [0.2, 0.25) is 0 Å². The molecule has 0 fully saturated rings. The molecule has 2 amide bonds. The summed E-state index contributed by atoms with van der Waals surface area (Å²) in [4.78, 5) is 27.3. The number of nitrogens with zero attached hydrogens (tertiary/aromatic N) is 2. The van der Waals surface area contributed by atoms with Crippen LogP contribution in [0.2, 0.25) is 0 Å². The molecule has 0 aliphatic rings. The molecule has 0 saturated carbocycles. The van der Waals surface area contributed by atoms with Crippen LogP contribution in [-0.2, 0) is 4.79 Å². The van der Waals surface area contributed by atoms with Gasteiger partial charge in [0.15, 0.2) is 0 Å². The molecule has 0 atom stereocenters. The molecule has 10 nitrogen and oxygen atoms in total. The van der Waals surface area contributed by atoms with Crippen molar-refractivity contribution in [2.24, 2.45) is 0 Å². The van der Waals surface area contributed by atoms with Crippen LogP contribution < -0.4 is 24.8 Å². The maximum Gasteiger partial charge on any atom is 0.323 e. The van der Waals surface area contributed by atoms with Crippen molar-refractivity contribution in [1.82, 2.24) is 4.98 Å². The summed E-state index contributed by atoms with van der Waals surface area (Å²) in [5.41, 5.74) is 2.04.